The van der Waals surface area contributed by atoms with Crippen LogP contribution >= 0.6 is 0 Å². The van der Waals surface area contributed by atoms with Crippen LogP contribution in [0.25, 0.3) is 0 Å². The zero-order valence-electron chi connectivity index (χ0n) is 3.21. The van der Waals surface area contributed by atoms with Crippen LogP contribution in [0.1, 0.15) is 13.8 Å². The third-order valence-corrected chi connectivity index (χ3v) is 0. The molecule has 5 heavy (non-hydrogen) atoms. The van der Waals surface area contributed by atoms with Crippen LogP contribution in [0.3, 0.4) is 0 Å². The molecule has 0 amide bonds. The first kappa shape index (κ1) is 8.95. The molecule has 0 fully saturated rings. The SMILES string of the molecule is CC(C)=O.[Cu]. The summed E-state index contributed by atoms with van der Waals surface area (Å²) in [5.74, 6) is 0.167. The van der Waals surface area contributed by atoms with Crippen molar-refractivity contribution < 1.29 is 21.9 Å². The summed E-state index contributed by atoms with van der Waals surface area (Å²) < 4.78 is 0. The predicted molar refractivity (Wildman–Crippen MR) is 16.4 cm³/mol. The Morgan fingerprint density at radius 2 is 1.40 bits per heavy atom. The van der Waals surface area contributed by atoms with Crippen LogP contribution in [0.15, 0.2) is 0 Å². The van der Waals surface area contributed by atoms with Gasteiger partial charge < -0.3 is 4.79 Å². The van der Waals surface area contributed by atoms with Crippen LogP contribution in [-0.4, -0.2) is 5.78 Å². The molecule has 0 rings (SSSR count). The first-order valence-electron chi connectivity index (χ1n) is 1.20. The number of carbonyl (C=O) groups is 1. The number of hydrogen-bond donors (Lipinski definition) is 0. The van der Waals surface area contributed by atoms with Gasteiger partial charge in [-0.15, -0.1) is 0 Å². The van der Waals surface area contributed by atoms with Gasteiger partial charge in [0.15, 0.2) is 0 Å². The van der Waals surface area contributed by atoms with Crippen molar-refractivity contribution in [1.82, 2.24) is 0 Å². The van der Waals surface area contributed by atoms with Crippen molar-refractivity contribution >= 4 is 5.78 Å². The molecule has 0 unspecified atom stereocenters. The van der Waals surface area contributed by atoms with E-state index in [-0.39, 0.29) is 22.9 Å². The van der Waals surface area contributed by atoms with E-state index in [9.17, 15) is 4.79 Å². The smallest absolute Gasteiger partial charge is 0.126 e. The number of carbonyl (C=O) groups excluding carboxylic acids is 1. The van der Waals surface area contributed by atoms with Crippen LogP contribution in [0.2, 0.25) is 0 Å². The molecule has 0 saturated carbocycles. The van der Waals surface area contributed by atoms with Gasteiger partial charge in [0.2, 0.25) is 0 Å². The second-order valence-corrected chi connectivity index (χ2v) is 0.908. The van der Waals surface area contributed by atoms with Gasteiger partial charge in [0.05, 0.1) is 0 Å². The Labute approximate surface area is 42.2 Å². The maximum absolute atomic E-state index is 9.44. The molecule has 0 N–H and O–H groups in total. The summed E-state index contributed by atoms with van der Waals surface area (Å²) in [7, 11) is 0. The summed E-state index contributed by atoms with van der Waals surface area (Å²) in [4.78, 5) is 9.44. The number of hydrogen-bond acceptors (Lipinski definition) is 1. The zero-order valence-corrected chi connectivity index (χ0v) is 4.15. The molecule has 0 aliphatic carbocycles. The minimum atomic E-state index is 0. The quantitative estimate of drug-likeness (QED) is 0.429. The van der Waals surface area contributed by atoms with E-state index in [0.29, 0.717) is 0 Å². The summed E-state index contributed by atoms with van der Waals surface area (Å²) >= 11 is 0. The van der Waals surface area contributed by atoms with Crippen molar-refractivity contribution in [3.05, 3.63) is 0 Å². The van der Waals surface area contributed by atoms with E-state index in [4.69, 9.17) is 0 Å². The number of Topliss-reactive ketones (excluding diaryl/α,β-unsaturated/α-hetero) is 1. The molecule has 0 aromatic heterocycles. The molecule has 0 bridgehead atoms. The fourth-order valence-corrected chi connectivity index (χ4v) is 0. The van der Waals surface area contributed by atoms with E-state index in [1.165, 1.54) is 13.8 Å². The first-order chi connectivity index (χ1) is 1.73. The minimum Gasteiger partial charge on any atom is -0.300 e. The summed E-state index contributed by atoms with van der Waals surface area (Å²) in [6.07, 6.45) is 0. The molecule has 0 aromatic rings. The van der Waals surface area contributed by atoms with Gasteiger partial charge in [-0.2, -0.15) is 0 Å². The van der Waals surface area contributed by atoms with E-state index >= 15 is 0 Å². The topological polar surface area (TPSA) is 17.1 Å². The molecule has 0 spiro atoms. The average molecular weight is 122 g/mol. The Balaban J connectivity index is 0. The van der Waals surface area contributed by atoms with E-state index in [0.717, 1.165) is 0 Å². The van der Waals surface area contributed by atoms with E-state index in [2.05, 4.69) is 0 Å². The maximum Gasteiger partial charge on any atom is 0.126 e. The van der Waals surface area contributed by atoms with Crippen molar-refractivity contribution in [3.63, 3.8) is 0 Å². The van der Waals surface area contributed by atoms with E-state index in [1.54, 1.807) is 0 Å². The molecular weight excluding hydrogens is 116 g/mol. The third kappa shape index (κ3) is 559. The van der Waals surface area contributed by atoms with Gasteiger partial charge in [0, 0.05) is 17.1 Å². The van der Waals surface area contributed by atoms with Gasteiger partial charge in [0.1, 0.15) is 5.78 Å². The maximum atomic E-state index is 9.44. The molecule has 0 heterocycles. The summed E-state index contributed by atoms with van der Waals surface area (Å²) in [6.45, 7) is 3.06. The van der Waals surface area contributed by atoms with Gasteiger partial charge in [-0.05, 0) is 13.8 Å². The molecule has 0 aliphatic heterocycles. The van der Waals surface area contributed by atoms with Gasteiger partial charge in [0.25, 0.3) is 0 Å². The zero-order chi connectivity index (χ0) is 3.58. The van der Waals surface area contributed by atoms with Crippen molar-refractivity contribution in [2.45, 2.75) is 13.8 Å². The van der Waals surface area contributed by atoms with Gasteiger partial charge in [-0.25, -0.2) is 0 Å². The fraction of sp³-hybridized carbons (Fsp3) is 0.667. The van der Waals surface area contributed by atoms with Crippen LogP contribution in [0.5, 0.6) is 0 Å². The molecule has 0 atom stereocenters. The second kappa shape index (κ2) is 4.19. The third-order valence-electron chi connectivity index (χ3n) is 0. The summed E-state index contributed by atoms with van der Waals surface area (Å²) in [6, 6.07) is 0. The van der Waals surface area contributed by atoms with Crippen LogP contribution in [0, 0.1) is 0 Å². The summed E-state index contributed by atoms with van der Waals surface area (Å²) in [5, 5.41) is 0. The molecule has 2 heteroatoms. The molecule has 1 nitrogen and oxygen atoms in total. The second-order valence-electron chi connectivity index (χ2n) is 0.908. The Hall–Kier alpha value is 0.189. The Kier molecular flexibility index (Phi) is 7.50. The Bertz CT molecular complexity index is 29.9. The minimum absolute atomic E-state index is 0. The first-order valence-corrected chi connectivity index (χ1v) is 1.20. The summed E-state index contributed by atoms with van der Waals surface area (Å²) in [5.41, 5.74) is 0. The molecule has 0 aliphatic rings. The van der Waals surface area contributed by atoms with Crippen molar-refractivity contribution in [3.8, 4) is 0 Å². The van der Waals surface area contributed by atoms with Gasteiger partial charge >= 0.3 is 0 Å². The van der Waals surface area contributed by atoms with Gasteiger partial charge in [-0.1, -0.05) is 0 Å². The molecule has 0 aromatic carbocycles. The molecule has 1 radical (unpaired) electrons. The fourth-order valence-electron chi connectivity index (χ4n) is 0. The van der Waals surface area contributed by atoms with E-state index in [1.807, 2.05) is 0 Å². The molecule has 0 saturated heterocycles. The molecule has 35 valence electrons. The van der Waals surface area contributed by atoms with Crippen LogP contribution in [-0.2, 0) is 21.9 Å². The Morgan fingerprint density at radius 1 is 1.40 bits per heavy atom. The van der Waals surface area contributed by atoms with Crippen LogP contribution in [0.4, 0.5) is 0 Å². The standard InChI is InChI=1S/C3H6O.Cu/c1-3(2)4;/h1-2H3;. The van der Waals surface area contributed by atoms with E-state index < -0.39 is 0 Å². The van der Waals surface area contributed by atoms with Gasteiger partial charge in [-0.3, -0.25) is 0 Å². The van der Waals surface area contributed by atoms with Crippen molar-refractivity contribution in [2.75, 3.05) is 0 Å². The van der Waals surface area contributed by atoms with Crippen LogP contribution < -0.4 is 0 Å². The number of ketones is 1. The monoisotopic (exact) mass is 121 g/mol. The van der Waals surface area contributed by atoms with Crippen molar-refractivity contribution in [1.29, 1.82) is 0 Å². The molecular formula is C3H6CuO. The number of rotatable bonds is 0. The normalized spacial score (nSPS) is 5.20. The Morgan fingerprint density at radius 3 is 1.40 bits per heavy atom. The average Bonchev–Trinajstić information content (AvgIpc) is 0.811. The predicted octanol–water partition coefficient (Wildman–Crippen LogP) is 0.593. The largest absolute Gasteiger partial charge is 0.300 e. The van der Waals surface area contributed by atoms with Crippen molar-refractivity contribution in [2.24, 2.45) is 0 Å².